The highest BCUT2D eigenvalue weighted by molar-refractivity contribution is 5.67. The standard InChI is InChI=1S/C12H22N2O2/c1-9-8-14(10-4-2-3-5-10)11(7-13-9)6-12(15)16/h9-11,13H,2-8H2,1H3,(H,15,16). The van der Waals surface area contributed by atoms with Gasteiger partial charge in [0.2, 0.25) is 0 Å². The summed E-state index contributed by atoms with van der Waals surface area (Å²) in [4.78, 5) is 13.3. The molecule has 1 aliphatic carbocycles. The van der Waals surface area contributed by atoms with Crippen LogP contribution in [0.3, 0.4) is 0 Å². The molecule has 2 N–H and O–H groups in total. The minimum Gasteiger partial charge on any atom is -0.481 e. The third-order valence-corrected chi connectivity index (χ3v) is 3.86. The van der Waals surface area contributed by atoms with Crippen LogP contribution in [0.1, 0.15) is 39.0 Å². The van der Waals surface area contributed by atoms with Crippen LogP contribution in [0.15, 0.2) is 0 Å². The molecule has 2 atom stereocenters. The molecule has 1 aliphatic heterocycles. The summed E-state index contributed by atoms with van der Waals surface area (Å²) in [6.45, 7) is 4.01. The van der Waals surface area contributed by atoms with Crippen molar-refractivity contribution in [3.8, 4) is 0 Å². The summed E-state index contributed by atoms with van der Waals surface area (Å²) < 4.78 is 0. The quantitative estimate of drug-likeness (QED) is 0.755. The number of carboxylic acids is 1. The minimum atomic E-state index is -0.677. The fraction of sp³-hybridized carbons (Fsp3) is 0.917. The maximum atomic E-state index is 10.9. The molecule has 16 heavy (non-hydrogen) atoms. The first-order valence-electron chi connectivity index (χ1n) is 6.37. The van der Waals surface area contributed by atoms with Gasteiger partial charge < -0.3 is 10.4 Å². The average Bonchev–Trinajstić information content (AvgIpc) is 2.73. The molecule has 0 spiro atoms. The third-order valence-electron chi connectivity index (χ3n) is 3.86. The highest BCUT2D eigenvalue weighted by Gasteiger charge is 2.33. The SMILES string of the molecule is CC1CN(C2CCCC2)C(CC(=O)O)CN1. The molecule has 0 aromatic carbocycles. The fourth-order valence-corrected chi connectivity index (χ4v) is 3.06. The van der Waals surface area contributed by atoms with E-state index >= 15 is 0 Å². The highest BCUT2D eigenvalue weighted by atomic mass is 16.4. The molecular formula is C12H22N2O2. The van der Waals surface area contributed by atoms with Crippen LogP contribution in [0.5, 0.6) is 0 Å². The molecule has 2 unspecified atom stereocenters. The number of nitrogens with zero attached hydrogens (tertiary/aromatic N) is 1. The molecule has 0 aromatic rings. The molecule has 2 fully saturated rings. The molecule has 2 rings (SSSR count). The van der Waals surface area contributed by atoms with E-state index in [4.69, 9.17) is 5.11 Å². The van der Waals surface area contributed by atoms with Crippen molar-refractivity contribution >= 4 is 5.97 Å². The van der Waals surface area contributed by atoms with E-state index in [-0.39, 0.29) is 12.5 Å². The molecule has 1 saturated heterocycles. The van der Waals surface area contributed by atoms with Crippen LogP contribution in [0.4, 0.5) is 0 Å². The fourth-order valence-electron chi connectivity index (χ4n) is 3.06. The zero-order valence-corrected chi connectivity index (χ0v) is 9.98. The van der Waals surface area contributed by atoms with E-state index in [1.807, 2.05) is 0 Å². The van der Waals surface area contributed by atoms with Gasteiger partial charge in [0.1, 0.15) is 0 Å². The van der Waals surface area contributed by atoms with Crippen molar-refractivity contribution in [2.75, 3.05) is 13.1 Å². The maximum Gasteiger partial charge on any atom is 0.304 e. The Morgan fingerprint density at radius 1 is 1.44 bits per heavy atom. The molecule has 0 amide bonds. The van der Waals surface area contributed by atoms with Crippen LogP contribution >= 0.6 is 0 Å². The van der Waals surface area contributed by atoms with Crippen molar-refractivity contribution in [3.05, 3.63) is 0 Å². The van der Waals surface area contributed by atoms with Crippen LogP contribution in [0.2, 0.25) is 0 Å². The molecule has 4 heteroatoms. The van der Waals surface area contributed by atoms with Gasteiger partial charge in [0, 0.05) is 31.2 Å². The van der Waals surface area contributed by atoms with E-state index in [1.165, 1.54) is 25.7 Å². The largest absolute Gasteiger partial charge is 0.481 e. The Balaban J connectivity index is 1.99. The van der Waals surface area contributed by atoms with Gasteiger partial charge in [-0.1, -0.05) is 12.8 Å². The second-order valence-electron chi connectivity index (χ2n) is 5.20. The number of carbonyl (C=O) groups is 1. The zero-order chi connectivity index (χ0) is 11.5. The minimum absolute atomic E-state index is 0.191. The molecule has 2 aliphatic rings. The number of aliphatic carboxylic acids is 1. The number of hydrogen-bond acceptors (Lipinski definition) is 3. The van der Waals surface area contributed by atoms with E-state index in [0.29, 0.717) is 12.1 Å². The Labute approximate surface area is 97.0 Å². The average molecular weight is 226 g/mol. The lowest BCUT2D eigenvalue weighted by Gasteiger charge is -2.42. The van der Waals surface area contributed by atoms with Gasteiger partial charge in [-0.05, 0) is 19.8 Å². The molecular weight excluding hydrogens is 204 g/mol. The highest BCUT2D eigenvalue weighted by Crippen LogP contribution is 2.27. The lowest BCUT2D eigenvalue weighted by molar-refractivity contribution is -0.139. The second kappa shape index (κ2) is 5.15. The molecule has 4 nitrogen and oxygen atoms in total. The molecule has 0 bridgehead atoms. The van der Waals surface area contributed by atoms with Gasteiger partial charge in [-0.2, -0.15) is 0 Å². The van der Waals surface area contributed by atoms with E-state index in [0.717, 1.165) is 13.1 Å². The van der Waals surface area contributed by atoms with E-state index in [1.54, 1.807) is 0 Å². The number of hydrogen-bond donors (Lipinski definition) is 2. The Kier molecular flexibility index (Phi) is 3.82. The van der Waals surface area contributed by atoms with Gasteiger partial charge >= 0.3 is 5.97 Å². The van der Waals surface area contributed by atoms with Crippen LogP contribution in [0.25, 0.3) is 0 Å². The summed E-state index contributed by atoms with van der Waals surface area (Å²) >= 11 is 0. The van der Waals surface area contributed by atoms with Crippen molar-refractivity contribution in [2.45, 2.75) is 57.2 Å². The number of rotatable bonds is 3. The van der Waals surface area contributed by atoms with Gasteiger partial charge in [0.05, 0.1) is 6.42 Å². The summed E-state index contributed by atoms with van der Waals surface area (Å²) in [5.41, 5.74) is 0. The van der Waals surface area contributed by atoms with Gasteiger partial charge in [0.15, 0.2) is 0 Å². The monoisotopic (exact) mass is 226 g/mol. The van der Waals surface area contributed by atoms with Crippen molar-refractivity contribution < 1.29 is 9.90 Å². The molecule has 0 aromatic heterocycles. The van der Waals surface area contributed by atoms with Crippen molar-refractivity contribution in [1.82, 2.24) is 10.2 Å². The summed E-state index contributed by atoms with van der Waals surface area (Å²) in [6, 6.07) is 1.32. The second-order valence-corrected chi connectivity index (χ2v) is 5.20. The van der Waals surface area contributed by atoms with Crippen LogP contribution < -0.4 is 5.32 Å². The number of carboxylic acid groups (broad SMARTS) is 1. The summed E-state index contributed by atoms with van der Waals surface area (Å²) in [6.07, 6.45) is 5.40. The smallest absolute Gasteiger partial charge is 0.304 e. The Bertz CT molecular complexity index is 251. The predicted octanol–water partition coefficient (Wildman–Crippen LogP) is 1.07. The lowest BCUT2D eigenvalue weighted by Crippen LogP contribution is -2.58. The lowest BCUT2D eigenvalue weighted by atomic mass is 10.0. The zero-order valence-electron chi connectivity index (χ0n) is 9.98. The van der Waals surface area contributed by atoms with Crippen molar-refractivity contribution in [3.63, 3.8) is 0 Å². The number of nitrogens with one attached hydrogen (secondary N) is 1. The molecule has 0 radical (unpaired) electrons. The van der Waals surface area contributed by atoms with Gasteiger partial charge in [0.25, 0.3) is 0 Å². The Hall–Kier alpha value is -0.610. The maximum absolute atomic E-state index is 10.9. The number of piperazine rings is 1. The van der Waals surface area contributed by atoms with E-state index in [9.17, 15) is 4.79 Å². The Morgan fingerprint density at radius 2 is 2.12 bits per heavy atom. The normalized spacial score (nSPS) is 33.1. The van der Waals surface area contributed by atoms with Crippen molar-refractivity contribution in [2.24, 2.45) is 0 Å². The third kappa shape index (κ3) is 2.74. The van der Waals surface area contributed by atoms with Crippen molar-refractivity contribution in [1.29, 1.82) is 0 Å². The van der Waals surface area contributed by atoms with Crippen LogP contribution in [-0.2, 0) is 4.79 Å². The van der Waals surface area contributed by atoms with Gasteiger partial charge in [-0.3, -0.25) is 9.69 Å². The first-order valence-corrected chi connectivity index (χ1v) is 6.37. The Morgan fingerprint density at radius 3 is 2.75 bits per heavy atom. The van der Waals surface area contributed by atoms with Crippen LogP contribution in [-0.4, -0.2) is 47.2 Å². The molecule has 1 heterocycles. The summed E-state index contributed by atoms with van der Waals surface area (Å²) in [5, 5.41) is 12.3. The molecule has 1 saturated carbocycles. The van der Waals surface area contributed by atoms with E-state index < -0.39 is 5.97 Å². The summed E-state index contributed by atoms with van der Waals surface area (Å²) in [7, 11) is 0. The molecule has 92 valence electrons. The first kappa shape index (κ1) is 11.9. The van der Waals surface area contributed by atoms with Gasteiger partial charge in [-0.15, -0.1) is 0 Å². The van der Waals surface area contributed by atoms with E-state index in [2.05, 4.69) is 17.1 Å². The van der Waals surface area contributed by atoms with Gasteiger partial charge in [-0.25, -0.2) is 0 Å². The topological polar surface area (TPSA) is 52.6 Å². The predicted molar refractivity (Wildman–Crippen MR) is 62.5 cm³/mol. The van der Waals surface area contributed by atoms with Crippen LogP contribution in [0, 0.1) is 0 Å². The first-order chi connectivity index (χ1) is 7.66. The summed E-state index contributed by atoms with van der Waals surface area (Å²) in [5.74, 6) is -0.677.